The number of likely N-dealkylation sites (N-methyl/N-ethyl adjacent to an activating group) is 1. The molecule has 3 rings (SSSR count). The number of aryl methyl sites for hydroxylation is 1. The maximum absolute atomic E-state index is 4.56. The predicted molar refractivity (Wildman–Crippen MR) is 126 cm³/mol. The number of piperidine rings is 1. The van der Waals surface area contributed by atoms with Crippen LogP contribution in [0.25, 0.3) is 0 Å². The molecule has 0 aromatic carbocycles. The van der Waals surface area contributed by atoms with Gasteiger partial charge in [-0.2, -0.15) is 5.10 Å². The Labute approximate surface area is 187 Å². The molecule has 2 aliphatic rings. The van der Waals surface area contributed by atoms with E-state index in [0.29, 0.717) is 0 Å². The smallest absolute Gasteiger partial charge is 0.193 e. The Morgan fingerprint density at radius 1 is 1.29 bits per heavy atom. The molecule has 1 aromatic heterocycles. The first-order chi connectivity index (χ1) is 13.1. The molecule has 2 atom stereocenters. The van der Waals surface area contributed by atoms with Crippen LogP contribution >= 0.6 is 24.0 Å². The maximum atomic E-state index is 4.56. The highest BCUT2D eigenvalue weighted by molar-refractivity contribution is 14.0. The highest BCUT2D eigenvalue weighted by Gasteiger charge is 2.27. The molecule has 0 bridgehead atoms. The third kappa shape index (κ3) is 6.32. The fourth-order valence-electron chi connectivity index (χ4n) is 4.41. The molecule has 8 heteroatoms. The van der Waals surface area contributed by atoms with Gasteiger partial charge in [-0.05, 0) is 52.4 Å². The van der Waals surface area contributed by atoms with Gasteiger partial charge in [-0.1, -0.05) is 6.42 Å². The maximum Gasteiger partial charge on any atom is 0.193 e. The van der Waals surface area contributed by atoms with Crippen molar-refractivity contribution in [1.29, 1.82) is 0 Å². The van der Waals surface area contributed by atoms with Crippen molar-refractivity contribution in [3.8, 4) is 0 Å². The molecule has 0 radical (unpaired) electrons. The number of hydrogen-bond acceptors (Lipinski definition) is 4. The summed E-state index contributed by atoms with van der Waals surface area (Å²) in [4.78, 5) is 11.9. The lowest BCUT2D eigenvalue weighted by Gasteiger charge is -2.30. The molecular formula is C20H38IN7. The Hall–Kier alpha value is -0.870. The van der Waals surface area contributed by atoms with E-state index < -0.39 is 0 Å². The van der Waals surface area contributed by atoms with E-state index in [1.54, 1.807) is 0 Å². The van der Waals surface area contributed by atoms with E-state index in [-0.39, 0.29) is 30.0 Å². The molecule has 28 heavy (non-hydrogen) atoms. The van der Waals surface area contributed by atoms with Crippen LogP contribution in [0.3, 0.4) is 0 Å². The minimum absolute atomic E-state index is 0. The number of likely N-dealkylation sites (tertiary alicyclic amines) is 2. The fraction of sp³-hybridized carbons (Fsp3) is 0.800. The first-order valence-corrected chi connectivity index (χ1v) is 10.4. The van der Waals surface area contributed by atoms with Crippen LogP contribution in [-0.4, -0.2) is 90.9 Å². The lowest BCUT2D eigenvalue weighted by molar-refractivity contribution is 0.198. The van der Waals surface area contributed by atoms with E-state index in [9.17, 15) is 0 Å². The van der Waals surface area contributed by atoms with Gasteiger partial charge < -0.3 is 20.0 Å². The number of aromatic nitrogens is 2. The van der Waals surface area contributed by atoms with Crippen LogP contribution in [0.2, 0.25) is 0 Å². The molecule has 0 amide bonds. The van der Waals surface area contributed by atoms with Crippen LogP contribution in [0.15, 0.2) is 17.4 Å². The van der Waals surface area contributed by atoms with Crippen LogP contribution in [-0.2, 0) is 7.05 Å². The molecule has 0 aliphatic carbocycles. The van der Waals surface area contributed by atoms with Gasteiger partial charge in [0.2, 0.25) is 0 Å². The summed E-state index contributed by atoms with van der Waals surface area (Å²) in [6.45, 7) is 6.90. The number of guanidine groups is 1. The molecular weight excluding hydrogens is 465 g/mol. The van der Waals surface area contributed by atoms with E-state index >= 15 is 0 Å². The molecule has 7 nitrogen and oxygen atoms in total. The van der Waals surface area contributed by atoms with Gasteiger partial charge in [-0.3, -0.25) is 9.67 Å². The standard InChI is InChI=1S/C20H37N7.HI/c1-21-20(22-13-19(24(2)3)18-12-23-25(4)16-18)27-11-8-17(15-27)14-26-9-6-5-7-10-26;/h12,16-17,19H,5-11,13-15H2,1-4H3,(H,21,22);1H. The van der Waals surface area contributed by atoms with Crippen LogP contribution in [0, 0.1) is 5.92 Å². The Bertz CT molecular complexity index is 609. The van der Waals surface area contributed by atoms with Gasteiger partial charge in [0.15, 0.2) is 5.96 Å². The molecule has 0 spiro atoms. The number of nitrogens with zero attached hydrogens (tertiary/aromatic N) is 6. The Morgan fingerprint density at radius 2 is 2.04 bits per heavy atom. The first-order valence-electron chi connectivity index (χ1n) is 10.4. The summed E-state index contributed by atoms with van der Waals surface area (Å²) in [7, 11) is 8.10. The predicted octanol–water partition coefficient (Wildman–Crippen LogP) is 2.02. The van der Waals surface area contributed by atoms with Crippen molar-refractivity contribution < 1.29 is 0 Å². The van der Waals surface area contributed by atoms with E-state index in [0.717, 1.165) is 31.5 Å². The molecule has 2 saturated heterocycles. The zero-order valence-electron chi connectivity index (χ0n) is 18.0. The zero-order chi connectivity index (χ0) is 19.2. The van der Waals surface area contributed by atoms with Crippen LogP contribution in [0.1, 0.15) is 37.3 Å². The van der Waals surface area contributed by atoms with E-state index in [2.05, 4.69) is 50.4 Å². The van der Waals surface area contributed by atoms with E-state index in [1.807, 2.05) is 25.0 Å². The van der Waals surface area contributed by atoms with Gasteiger partial charge in [0.25, 0.3) is 0 Å². The third-order valence-corrected chi connectivity index (χ3v) is 5.95. The summed E-state index contributed by atoms with van der Waals surface area (Å²) in [6.07, 6.45) is 9.49. The largest absolute Gasteiger partial charge is 0.354 e. The van der Waals surface area contributed by atoms with E-state index in [1.165, 1.54) is 50.9 Å². The zero-order valence-corrected chi connectivity index (χ0v) is 20.3. The highest BCUT2D eigenvalue weighted by Crippen LogP contribution is 2.21. The second kappa shape index (κ2) is 11.3. The first kappa shape index (κ1) is 23.4. The summed E-state index contributed by atoms with van der Waals surface area (Å²) in [5.41, 5.74) is 1.23. The highest BCUT2D eigenvalue weighted by atomic mass is 127. The van der Waals surface area contributed by atoms with E-state index in [4.69, 9.17) is 0 Å². The molecule has 1 N–H and O–H groups in total. The number of rotatable bonds is 6. The van der Waals surface area contributed by atoms with Gasteiger partial charge in [0.1, 0.15) is 0 Å². The number of aliphatic imine (C=N–C) groups is 1. The topological polar surface area (TPSA) is 51.9 Å². The summed E-state index contributed by atoms with van der Waals surface area (Å²) >= 11 is 0. The number of hydrogen-bond donors (Lipinski definition) is 1. The summed E-state index contributed by atoms with van der Waals surface area (Å²) in [5, 5.41) is 7.94. The van der Waals surface area contributed by atoms with Crippen molar-refractivity contribution >= 4 is 29.9 Å². The van der Waals surface area contributed by atoms with Crippen LogP contribution in [0.5, 0.6) is 0 Å². The lowest BCUT2D eigenvalue weighted by Crippen LogP contribution is -2.44. The molecule has 1 aromatic rings. The minimum Gasteiger partial charge on any atom is -0.354 e. The fourth-order valence-corrected chi connectivity index (χ4v) is 4.41. The SMILES string of the molecule is CN=C(NCC(c1cnn(C)c1)N(C)C)N1CCC(CN2CCCCC2)C1.I. The number of nitrogens with one attached hydrogen (secondary N) is 1. The van der Waals surface area contributed by atoms with Gasteiger partial charge >= 0.3 is 0 Å². The average Bonchev–Trinajstić information content (AvgIpc) is 3.28. The molecule has 3 heterocycles. The molecule has 160 valence electrons. The Balaban J connectivity index is 0.00000280. The van der Waals surface area contributed by atoms with Gasteiger partial charge in [-0.15, -0.1) is 24.0 Å². The van der Waals surface area contributed by atoms with Crippen molar-refractivity contribution in [1.82, 2.24) is 29.8 Å². The van der Waals surface area contributed by atoms with Gasteiger partial charge in [0, 0.05) is 52.0 Å². The molecule has 2 unspecified atom stereocenters. The molecule has 2 aliphatic heterocycles. The minimum atomic E-state index is 0. The van der Waals surface area contributed by atoms with Gasteiger partial charge in [-0.25, -0.2) is 0 Å². The second-order valence-electron chi connectivity index (χ2n) is 8.32. The van der Waals surface area contributed by atoms with Crippen molar-refractivity contribution in [3.05, 3.63) is 18.0 Å². The molecule has 2 fully saturated rings. The summed E-state index contributed by atoms with van der Waals surface area (Å²) < 4.78 is 1.87. The van der Waals surface area contributed by atoms with Crippen molar-refractivity contribution in [2.75, 3.05) is 60.4 Å². The summed E-state index contributed by atoms with van der Waals surface area (Å²) in [6, 6.07) is 0.280. The second-order valence-corrected chi connectivity index (χ2v) is 8.32. The monoisotopic (exact) mass is 503 g/mol. The third-order valence-electron chi connectivity index (χ3n) is 5.95. The van der Waals surface area contributed by atoms with Gasteiger partial charge in [0.05, 0.1) is 12.2 Å². The van der Waals surface area contributed by atoms with Crippen molar-refractivity contribution in [2.45, 2.75) is 31.7 Å². The molecule has 0 saturated carbocycles. The number of halogens is 1. The Morgan fingerprint density at radius 3 is 2.64 bits per heavy atom. The average molecular weight is 503 g/mol. The summed E-state index contributed by atoms with van der Waals surface area (Å²) in [5.74, 6) is 1.80. The normalized spacial score (nSPS) is 22.4. The Kier molecular flexibility index (Phi) is 9.49. The van der Waals surface area contributed by atoms with Crippen molar-refractivity contribution in [3.63, 3.8) is 0 Å². The van der Waals surface area contributed by atoms with Crippen molar-refractivity contribution in [2.24, 2.45) is 18.0 Å². The quantitative estimate of drug-likeness (QED) is 0.366. The van der Waals surface area contributed by atoms with Crippen LogP contribution < -0.4 is 5.32 Å². The lowest BCUT2D eigenvalue weighted by atomic mass is 10.1. The van der Waals surface area contributed by atoms with Crippen LogP contribution in [0.4, 0.5) is 0 Å².